The van der Waals surface area contributed by atoms with Gasteiger partial charge >= 0.3 is 0 Å². The van der Waals surface area contributed by atoms with Gasteiger partial charge in [-0.25, -0.2) is 13.1 Å². The van der Waals surface area contributed by atoms with Gasteiger partial charge in [-0.05, 0) is 62.0 Å². The van der Waals surface area contributed by atoms with E-state index in [2.05, 4.69) is 33.9 Å². The van der Waals surface area contributed by atoms with Crippen LogP contribution in [0.4, 0.5) is 0 Å². The van der Waals surface area contributed by atoms with E-state index in [-0.39, 0.29) is 4.90 Å². The van der Waals surface area contributed by atoms with E-state index in [9.17, 15) is 8.42 Å². The second kappa shape index (κ2) is 9.00. The number of nitrogens with one attached hydrogen (secondary N) is 1. The number of halogens is 1. The molecule has 4 nitrogen and oxygen atoms in total. The Balaban J connectivity index is 1.42. The van der Waals surface area contributed by atoms with Crippen LogP contribution in [0, 0.1) is 5.92 Å². The molecule has 0 unspecified atom stereocenters. The van der Waals surface area contributed by atoms with Gasteiger partial charge < -0.3 is 4.90 Å². The predicted octanol–water partition coefficient (Wildman–Crippen LogP) is 3.57. The number of likely N-dealkylation sites (tertiary alicyclic amines) is 1. The first-order valence-electron chi connectivity index (χ1n) is 9.04. The van der Waals surface area contributed by atoms with Crippen molar-refractivity contribution in [3.8, 4) is 0 Å². The Labute approximate surface area is 161 Å². The summed E-state index contributed by atoms with van der Waals surface area (Å²) in [6, 6.07) is 16.9. The molecule has 1 aliphatic rings. The summed E-state index contributed by atoms with van der Waals surface area (Å²) in [6.07, 6.45) is 3.10. The molecular formula is C20H25ClN2O2S. The van der Waals surface area contributed by atoms with Crippen LogP contribution < -0.4 is 4.72 Å². The van der Waals surface area contributed by atoms with Crippen molar-refractivity contribution in [3.05, 3.63) is 65.2 Å². The monoisotopic (exact) mass is 392 g/mol. The maximum Gasteiger partial charge on any atom is 0.240 e. The molecule has 26 heavy (non-hydrogen) atoms. The van der Waals surface area contributed by atoms with E-state index in [1.807, 2.05) is 6.07 Å². The zero-order chi connectivity index (χ0) is 18.4. The summed E-state index contributed by atoms with van der Waals surface area (Å²) in [5.74, 6) is 0.386. The maximum atomic E-state index is 12.4. The van der Waals surface area contributed by atoms with E-state index in [1.54, 1.807) is 18.2 Å². The lowest BCUT2D eigenvalue weighted by atomic mass is 9.97. The Morgan fingerprint density at radius 1 is 1.04 bits per heavy atom. The number of piperidine rings is 1. The van der Waals surface area contributed by atoms with Crippen molar-refractivity contribution < 1.29 is 8.42 Å². The predicted molar refractivity (Wildman–Crippen MR) is 106 cm³/mol. The van der Waals surface area contributed by atoms with Gasteiger partial charge in [-0.3, -0.25) is 0 Å². The van der Waals surface area contributed by atoms with Crippen LogP contribution in [-0.4, -0.2) is 39.5 Å². The second-order valence-corrected chi connectivity index (χ2v) is 9.03. The average Bonchev–Trinajstić information content (AvgIpc) is 2.66. The van der Waals surface area contributed by atoms with Gasteiger partial charge in [0.15, 0.2) is 0 Å². The Kier molecular flexibility index (Phi) is 6.70. The highest BCUT2D eigenvalue weighted by atomic mass is 35.5. The van der Waals surface area contributed by atoms with Crippen LogP contribution in [0.1, 0.15) is 18.4 Å². The standard InChI is InChI=1S/C20H25ClN2O2S/c21-19-7-4-8-20(15-19)26(24,25)22-16-18-10-13-23(14-11-18)12-9-17-5-2-1-3-6-17/h1-8,15,18,22H,9-14,16H2. The summed E-state index contributed by atoms with van der Waals surface area (Å²) >= 11 is 5.89. The van der Waals surface area contributed by atoms with Crippen LogP contribution in [0.5, 0.6) is 0 Å². The van der Waals surface area contributed by atoms with Crippen molar-refractivity contribution >= 4 is 21.6 Å². The molecule has 0 radical (unpaired) electrons. The fourth-order valence-corrected chi connectivity index (χ4v) is 4.71. The summed E-state index contributed by atoms with van der Waals surface area (Å²) in [6.45, 7) is 3.60. The Morgan fingerprint density at radius 3 is 2.46 bits per heavy atom. The molecule has 0 aliphatic carbocycles. The van der Waals surface area contributed by atoms with Gasteiger partial charge in [0.05, 0.1) is 4.90 Å². The Bertz CT molecular complexity index is 804. The van der Waals surface area contributed by atoms with Gasteiger partial charge in [0, 0.05) is 18.1 Å². The summed E-state index contributed by atoms with van der Waals surface area (Å²) in [4.78, 5) is 2.69. The average molecular weight is 393 g/mol. The highest BCUT2D eigenvalue weighted by Gasteiger charge is 2.22. The Hall–Kier alpha value is -1.40. The lowest BCUT2D eigenvalue weighted by molar-refractivity contribution is 0.187. The molecule has 1 N–H and O–H groups in total. The first-order valence-corrected chi connectivity index (χ1v) is 10.9. The minimum atomic E-state index is -3.49. The molecule has 0 atom stereocenters. The number of hydrogen-bond donors (Lipinski definition) is 1. The largest absolute Gasteiger partial charge is 0.303 e. The van der Waals surface area contributed by atoms with Crippen LogP contribution in [0.15, 0.2) is 59.5 Å². The van der Waals surface area contributed by atoms with Crippen molar-refractivity contribution in [2.75, 3.05) is 26.2 Å². The molecule has 1 aliphatic heterocycles. The quantitative estimate of drug-likeness (QED) is 0.783. The van der Waals surface area contributed by atoms with Crippen LogP contribution >= 0.6 is 11.6 Å². The van der Waals surface area contributed by atoms with Crippen molar-refractivity contribution in [2.24, 2.45) is 5.92 Å². The molecule has 1 saturated heterocycles. The minimum Gasteiger partial charge on any atom is -0.303 e. The topological polar surface area (TPSA) is 49.4 Å². The number of nitrogens with zero attached hydrogens (tertiary/aromatic N) is 1. The highest BCUT2D eigenvalue weighted by Crippen LogP contribution is 2.19. The fraction of sp³-hybridized carbons (Fsp3) is 0.400. The second-order valence-electron chi connectivity index (χ2n) is 6.83. The fourth-order valence-electron chi connectivity index (χ4n) is 3.29. The van der Waals surface area contributed by atoms with E-state index >= 15 is 0 Å². The SMILES string of the molecule is O=S(=O)(NCC1CCN(CCc2ccccc2)CC1)c1cccc(Cl)c1. The number of sulfonamides is 1. The number of rotatable bonds is 7. The smallest absolute Gasteiger partial charge is 0.240 e. The number of hydrogen-bond acceptors (Lipinski definition) is 3. The highest BCUT2D eigenvalue weighted by molar-refractivity contribution is 7.89. The molecule has 0 bridgehead atoms. The van der Waals surface area contributed by atoms with Gasteiger partial charge in [0.1, 0.15) is 0 Å². The normalized spacial score (nSPS) is 16.7. The van der Waals surface area contributed by atoms with E-state index in [0.29, 0.717) is 17.5 Å². The third-order valence-corrected chi connectivity index (χ3v) is 6.59. The van der Waals surface area contributed by atoms with Gasteiger partial charge in [0.2, 0.25) is 10.0 Å². The van der Waals surface area contributed by atoms with Gasteiger partial charge in [-0.1, -0.05) is 48.0 Å². The maximum absolute atomic E-state index is 12.4. The summed E-state index contributed by atoms with van der Waals surface area (Å²) in [5, 5.41) is 0.430. The zero-order valence-electron chi connectivity index (χ0n) is 14.8. The molecule has 0 aromatic heterocycles. The lowest BCUT2D eigenvalue weighted by Crippen LogP contribution is -2.39. The third-order valence-electron chi connectivity index (χ3n) is 4.94. The lowest BCUT2D eigenvalue weighted by Gasteiger charge is -2.32. The number of benzene rings is 2. The van der Waals surface area contributed by atoms with E-state index in [0.717, 1.165) is 38.9 Å². The molecule has 2 aromatic carbocycles. The molecule has 1 heterocycles. The first kappa shape index (κ1) is 19.4. The van der Waals surface area contributed by atoms with Crippen molar-refractivity contribution in [2.45, 2.75) is 24.2 Å². The van der Waals surface area contributed by atoms with E-state index < -0.39 is 10.0 Å². The van der Waals surface area contributed by atoms with Crippen molar-refractivity contribution in [1.29, 1.82) is 0 Å². The van der Waals surface area contributed by atoms with Crippen molar-refractivity contribution in [1.82, 2.24) is 9.62 Å². The molecular weight excluding hydrogens is 368 g/mol. The Morgan fingerprint density at radius 2 is 1.77 bits per heavy atom. The van der Waals surface area contributed by atoms with Crippen LogP contribution in [-0.2, 0) is 16.4 Å². The summed E-state index contributed by atoms with van der Waals surface area (Å²) in [7, 11) is -3.49. The molecule has 0 amide bonds. The van der Waals surface area contributed by atoms with Crippen LogP contribution in [0.25, 0.3) is 0 Å². The van der Waals surface area contributed by atoms with Crippen molar-refractivity contribution in [3.63, 3.8) is 0 Å². The van der Waals surface area contributed by atoms with Crippen LogP contribution in [0.3, 0.4) is 0 Å². The van der Waals surface area contributed by atoms with Gasteiger partial charge in [-0.2, -0.15) is 0 Å². The van der Waals surface area contributed by atoms with E-state index in [4.69, 9.17) is 11.6 Å². The molecule has 0 saturated carbocycles. The molecule has 6 heteroatoms. The third kappa shape index (κ3) is 5.55. The molecule has 1 fully saturated rings. The van der Waals surface area contributed by atoms with Gasteiger partial charge in [0.25, 0.3) is 0 Å². The summed E-state index contributed by atoms with van der Waals surface area (Å²) in [5.41, 5.74) is 1.36. The first-order chi connectivity index (χ1) is 12.5. The van der Waals surface area contributed by atoms with Gasteiger partial charge in [-0.15, -0.1) is 0 Å². The zero-order valence-corrected chi connectivity index (χ0v) is 16.3. The molecule has 140 valence electrons. The minimum absolute atomic E-state index is 0.227. The molecule has 3 rings (SSSR count). The summed E-state index contributed by atoms with van der Waals surface area (Å²) < 4.78 is 27.5. The van der Waals surface area contributed by atoms with E-state index in [1.165, 1.54) is 11.6 Å². The molecule has 2 aromatic rings. The van der Waals surface area contributed by atoms with Crippen LogP contribution in [0.2, 0.25) is 5.02 Å². The molecule has 0 spiro atoms.